The zero-order valence-corrected chi connectivity index (χ0v) is 14.0. The Bertz CT molecular complexity index is 713. The van der Waals surface area contributed by atoms with E-state index in [9.17, 15) is 0 Å². The molecule has 24 heavy (non-hydrogen) atoms. The minimum atomic E-state index is 0.293. The van der Waals surface area contributed by atoms with Gasteiger partial charge < -0.3 is 20.1 Å². The molecule has 1 aliphatic heterocycles. The second kappa shape index (κ2) is 7.68. The quantitative estimate of drug-likeness (QED) is 0.652. The van der Waals surface area contributed by atoms with Crippen molar-refractivity contribution in [2.45, 2.75) is 26.9 Å². The van der Waals surface area contributed by atoms with Gasteiger partial charge in [-0.05, 0) is 43.2 Å². The summed E-state index contributed by atoms with van der Waals surface area (Å²) in [6.45, 7) is 6.37. The molecule has 0 bridgehead atoms. The molecular weight excluding hydrogens is 304 g/mol. The molecule has 126 valence electrons. The van der Waals surface area contributed by atoms with Crippen LogP contribution in [0, 0.1) is 6.92 Å². The lowest BCUT2D eigenvalue weighted by molar-refractivity contribution is 0.174. The van der Waals surface area contributed by atoms with Crippen LogP contribution in [0.2, 0.25) is 0 Å². The topological polar surface area (TPSA) is 67.8 Å². The number of hydrogen-bond donors (Lipinski definition) is 2. The number of aromatic nitrogens is 1. The highest BCUT2D eigenvalue weighted by atomic mass is 16.7. The van der Waals surface area contributed by atoms with Crippen LogP contribution in [-0.2, 0) is 13.1 Å². The number of benzene rings is 1. The molecule has 1 aromatic carbocycles. The van der Waals surface area contributed by atoms with Crippen molar-refractivity contribution in [3.63, 3.8) is 0 Å². The van der Waals surface area contributed by atoms with E-state index in [1.54, 1.807) is 0 Å². The van der Waals surface area contributed by atoms with Crippen LogP contribution in [0.4, 0.5) is 0 Å². The highest BCUT2D eigenvalue weighted by molar-refractivity contribution is 5.79. The SMILES string of the molecule is CCNC(=NCc1ccc(C)nc1)NCc1ccc2c(c1)OCO2. The molecule has 0 aliphatic carbocycles. The summed E-state index contributed by atoms with van der Waals surface area (Å²) in [6.07, 6.45) is 1.86. The number of fused-ring (bicyclic) bond motifs is 1. The highest BCUT2D eigenvalue weighted by Gasteiger charge is 2.13. The third kappa shape index (κ3) is 4.16. The van der Waals surface area contributed by atoms with Crippen LogP contribution in [0.25, 0.3) is 0 Å². The minimum Gasteiger partial charge on any atom is -0.454 e. The maximum atomic E-state index is 5.41. The lowest BCUT2D eigenvalue weighted by Gasteiger charge is -2.11. The van der Waals surface area contributed by atoms with Crippen LogP contribution >= 0.6 is 0 Å². The van der Waals surface area contributed by atoms with Crippen molar-refractivity contribution < 1.29 is 9.47 Å². The first-order valence-electron chi connectivity index (χ1n) is 8.07. The molecule has 0 fully saturated rings. The first-order valence-corrected chi connectivity index (χ1v) is 8.07. The van der Waals surface area contributed by atoms with E-state index in [1.165, 1.54) is 0 Å². The van der Waals surface area contributed by atoms with Gasteiger partial charge in [0.05, 0.1) is 6.54 Å². The van der Waals surface area contributed by atoms with Gasteiger partial charge in [0.25, 0.3) is 0 Å². The van der Waals surface area contributed by atoms with Gasteiger partial charge in [-0.3, -0.25) is 4.98 Å². The molecule has 0 radical (unpaired) electrons. The third-order valence-electron chi connectivity index (χ3n) is 3.63. The van der Waals surface area contributed by atoms with E-state index in [-0.39, 0.29) is 0 Å². The normalized spacial score (nSPS) is 13.0. The molecule has 2 N–H and O–H groups in total. The number of ether oxygens (including phenoxy) is 2. The van der Waals surface area contributed by atoms with Gasteiger partial charge in [-0.2, -0.15) is 0 Å². The molecule has 0 unspecified atom stereocenters. The van der Waals surface area contributed by atoms with E-state index >= 15 is 0 Å². The van der Waals surface area contributed by atoms with Gasteiger partial charge in [0, 0.05) is 25.0 Å². The Labute approximate surface area is 141 Å². The summed E-state index contributed by atoms with van der Waals surface area (Å²) in [5.41, 5.74) is 3.21. The highest BCUT2D eigenvalue weighted by Crippen LogP contribution is 2.32. The van der Waals surface area contributed by atoms with Gasteiger partial charge in [-0.15, -0.1) is 0 Å². The molecule has 1 aromatic heterocycles. The summed E-state index contributed by atoms with van der Waals surface area (Å²) in [5, 5.41) is 6.58. The molecule has 0 saturated carbocycles. The summed E-state index contributed by atoms with van der Waals surface area (Å²) in [4.78, 5) is 8.89. The number of aryl methyl sites for hydroxylation is 1. The number of hydrogen-bond acceptors (Lipinski definition) is 4. The second-order valence-corrected chi connectivity index (χ2v) is 5.54. The van der Waals surface area contributed by atoms with Crippen molar-refractivity contribution in [2.75, 3.05) is 13.3 Å². The summed E-state index contributed by atoms with van der Waals surface area (Å²) < 4.78 is 10.7. The number of guanidine groups is 1. The van der Waals surface area contributed by atoms with Crippen molar-refractivity contribution in [3.8, 4) is 11.5 Å². The van der Waals surface area contributed by atoms with Gasteiger partial charge in [0.15, 0.2) is 17.5 Å². The Balaban J connectivity index is 1.61. The van der Waals surface area contributed by atoms with E-state index in [2.05, 4.69) is 20.6 Å². The Hall–Kier alpha value is -2.76. The minimum absolute atomic E-state index is 0.293. The zero-order valence-electron chi connectivity index (χ0n) is 14.0. The maximum Gasteiger partial charge on any atom is 0.231 e. The molecule has 2 heterocycles. The Morgan fingerprint density at radius 3 is 2.75 bits per heavy atom. The molecule has 2 aromatic rings. The summed E-state index contributed by atoms with van der Waals surface area (Å²) in [6, 6.07) is 9.99. The van der Waals surface area contributed by atoms with Crippen molar-refractivity contribution in [2.24, 2.45) is 4.99 Å². The van der Waals surface area contributed by atoms with Crippen molar-refractivity contribution in [1.29, 1.82) is 0 Å². The maximum absolute atomic E-state index is 5.41. The molecule has 6 nitrogen and oxygen atoms in total. The van der Waals surface area contributed by atoms with Crippen LogP contribution in [0.15, 0.2) is 41.5 Å². The molecule has 3 rings (SSSR count). The number of aliphatic imine (C=N–C) groups is 1. The number of rotatable bonds is 5. The van der Waals surface area contributed by atoms with Crippen molar-refractivity contribution in [3.05, 3.63) is 53.3 Å². The van der Waals surface area contributed by atoms with Gasteiger partial charge in [0.2, 0.25) is 6.79 Å². The van der Waals surface area contributed by atoms with Gasteiger partial charge in [-0.25, -0.2) is 4.99 Å². The van der Waals surface area contributed by atoms with Gasteiger partial charge in [0.1, 0.15) is 0 Å². The number of pyridine rings is 1. The van der Waals surface area contributed by atoms with Crippen LogP contribution in [0.3, 0.4) is 0 Å². The van der Waals surface area contributed by atoms with E-state index in [0.717, 1.165) is 40.8 Å². The second-order valence-electron chi connectivity index (χ2n) is 5.54. The summed E-state index contributed by atoms with van der Waals surface area (Å²) in [7, 11) is 0. The van der Waals surface area contributed by atoms with E-state index < -0.39 is 0 Å². The molecule has 0 amide bonds. The largest absolute Gasteiger partial charge is 0.454 e. The first kappa shape index (κ1) is 16.1. The molecular formula is C18H22N4O2. The lowest BCUT2D eigenvalue weighted by Crippen LogP contribution is -2.36. The van der Waals surface area contributed by atoms with Crippen LogP contribution in [0.5, 0.6) is 11.5 Å². The number of nitrogens with one attached hydrogen (secondary N) is 2. The molecule has 0 spiro atoms. The smallest absolute Gasteiger partial charge is 0.231 e. The van der Waals surface area contributed by atoms with Crippen molar-refractivity contribution >= 4 is 5.96 Å². The van der Waals surface area contributed by atoms with Crippen LogP contribution in [-0.4, -0.2) is 24.3 Å². The molecule has 6 heteroatoms. The Kier molecular flexibility index (Phi) is 5.15. The Morgan fingerprint density at radius 2 is 1.96 bits per heavy atom. The lowest BCUT2D eigenvalue weighted by atomic mass is 10.2. The predicted octanol–water partition coefficient (Wildman–Crippen LogP) is 2.37. The van der Waals surface area contributed by atoms with E-state index in [0.29, 0.717) is 19.9 Å². The fourth-order valence-electron chi connectivity index (χ4n) is 2.34. The summed E-state index contributed by atoms with van der Waals surface area (Å²) >= 11 is 0. The molecule has 0 atom stereocenters. The number of nitrogens with zero attached hydrogens (tertiary/aromatic N) is 2. The average molecular weight is 326 g/mol. The predicted molar refractivity (Wildman–Crippen MR) is 93.2 cm³/mol. The fourth-order valence-corrected chi connectivity index (χ4v) is 2.34. The van der Waals surface area contributed by atoms with E-state index in [4.69, 9.17) is 9.47 Å². The van der Waals surface area contributed by atoms with Gasteiger partial charge in [-0.1, -0.05) is 12.1 Å². The first-order chi connectivity index (χ1) is 11.7. The fraction of sp³-hybridized carbons (Fsp3) is 0.333. The average Bonchev–Trinajstić information content (AvgIpc) is 3.06. The van der Waals surface area contributed by atoms with Crippen molar-refractivity contribution in [1.82, 2.24) is 15.6 Å². The standard InChI is InChI=1S/C18H22N4O2/c1-3-19-18(22-11-15-5-4-13(2)20-10-15)21-9-14-6-7-16-17(8-14)24-12-23-16/h4-8,10H,3,9,11-12H2,1-2H3,(H2,19,21,22). The zero-order chi connectivity index (χ0) is 16.8. The van der Waals surface area contributed by atoms with Gasteiger partial charge >= 0.3 is 0 Å². The molecule has 0 saturated heterocycles. The monoisotopic (exact) mass is 326 g/mol. The van der Waals surface area contributed by atoms with E-state index in [1.807, 2.05) is 50.4 Å². The molecule has 1 aliphatic rings. The van der Waals surface area contributed by atoms with Crippen LogP contribution in [0.1, 0.15) is 23.7 Å². The summed E-state index contributed by atoms with van der Waals surface area (Å²) in [5.74, 6) is 2.36. The Morgan fingerprint density at radius 1 is 1.12 bits per heavy atom. The van der Waals surface area contributed by atoms with Crippen LogP contribution < -0.4 is 20.1 Å². The third-order valence-corrected chi connectivity index (χ3v) is 3.63.